The summed E-state index contributed by atoms with van der Waals surface area (Å²) < 4.78 is 0. The van der Waals surface area contributed by atoms with Crippen molar-refractivity contribution in [2.24, 2.45) is 5.41 Å². The molecule has 13 heavy (non-hydrogen) atoms. The standard InChI is InChI=1S/C12H15S/c1-3-12(2)8-10-6-4-5-7-11(10)13-9-12/h4-8H,3,9H2,1-2H3. The van der Waals surface area contributed by atoms with Crippen LogP contribution in [0.5, 0.6) is 0 Å². The molecule has 69 valence electrons. The van der Waals surface area contributed by atoms with Crippen molar-refractivity contribution in [3.63, 3.8) is 0 Å². The van der Waals surface area contributed by atoms with Crippen molar-refractivity contribution in [2.45, 2.75) is 25.2 Å². The lowest BCUT2D eigenvalue weighted by molar-refractivity contribution is 0.434. The van der Waals surface area contributed by atoms with Crippen LogP contribution in [0.2, 0.25) is 0 Å². The van der Waals surface area contributed by atoms with Gasteiger partial charge in [-0.15, -0.1) is 11.8 Å². The van der Waals surface area contributed by atoms with Crippen LogP contribution >= 0.6 is 11.8 Å². The summed E-state index contributed by atoms with van der Waals surface area (Å²) in [4.78, 5) is 1.44. The summed E-state index contributed by atoms with van der Waals surface area (Å²) in [7, 11) is 0. The number of benzene rings is 1. The van der Waals surface area contributed by atoms with Crippen LogP contribution < -0.4 is 0 Å². The first kappa shape index (κ1) is 9.14. The van der Waals surface area contributed by atoms with Crippen LogP contribution in [0.1, 0.15) is 25.8 Å². The molecule has 0 spiro atoms. The van der Waals surface area contributed by atoms with Crippen molar-refractivity contribution in [2.75, 3.05) is 5.75 Å². The zero-order valence-electron chi connectivity index (χ0n) is 8.21. The van der Waals surface area contributed by atoms with Gasteiger partial charge in [-0.25, -0.2) is 0 Å². The lowest BCUT2D eigenvalue weighted by atomic mass is 9.83. The maximum absolute atomic E-state index is 2.43. The molecule has 1 unspecified atom stereocenters. The van der Waals surface area contributed by atoms with E-state index in [1.165, 1.54) is 22.6 Å². The van der Waals surface area contributed by atoms with Crippen LogP contribution in [-0.4, -0.2) is 5.75 Å². The van der Waals surface area contributed by atoms with E-state index in [4.69, 9.17) is 0 Å². The van der Waals surface area contributed by atoms with Gasteiger partial charge >= 0.3 is 0 Å². The number of rotatable bonds is 1. The first-order valence-electron chi connectivity index (χ1n) is 4.81. The number of hydrogen-bond acceptors (Lipinski definition) is 1. The van der Waals surface area contributed by atoms with Gasteiger partial charge in [0.1, 0.15) is 0 Å². The molecule has 0 N–H and O–H groups in total. The Hall–Kier alpha value is -0.430. The van der Waals surface area contributed by atoms with E-state index in [1.54, 1.807) is 0 Å². The van der Waals surface area contributed by atoms with Gasteiger partial charge in [0.05, 0.1) is 0 Å². The zero-order valence-corrected chi connectivity index (χ0v) is 9.03. The van der Waals surface area contributed by atoms with E-state index in [0.717, 1.165) is 0 Å². The molecule has 0 aromatic heterocycles. The summed E-state index contributed by atoms with van der Waals surface area (Å²) in [6.45, 7) is 4.61. The molecule has 1 heterocycles. The maximum Gasteiger partial charge on any atom is 0.0107 e. The second-order valence-corrected chi connectivity index (χ2v) is 5.00. The Morgan fingerprint density at radius 2 is 2.15 bits per heavy atom. The summed E-state index contributed by atoms with van der Waals surface area (Å²) in [5, 5.41) is 0. The van der Waals surface area contributed by atoms with Gasteiger partial charge in [-0.3, -0.25) is 0 Å². The van der Waals surface area contributed by atoms with Gasteiger partial charge in [-0.05, 0) is 29.9 Å². The summed E-state index contributed by atoms with van der Waals surface area (Å²) in [6, 6.07) is 8.67. The van der Waals surface area contributed by atoms with Gasteiger partial charge < -0.3 is 0 Å². The molecule has 2 rings (SSSR count). The Kier molecular flexibility index (Phi) is 2.37. The average molecular weight is 191 g/mol. The summed E-state index contributed by atoms with van der Waals surface area (Å²) in [5.41, 5.74) is 1.82. The van der Waals surface area contributed by atoms with Crippen LogP contribution in [-0.2, 0) is 0 Å². The van der Waals surface area contributed by atoms with E-state index in [1.807, 2.05) is 11.8 Å². The molecule has 0 aliphatic carbocycles. The largest absolute Gasteiger partial charge is 0.125 e. The van der Waals surface area contributed by atoms with Gasteiger partial charge in [-0.2, -0.15) is 0 Å². The Labute approximate surface area is 84.7 Å². The van der Waals surface area contributed by atoms with Gasteiger partial charge in [0.25, 0.3) is 0 Å². The van der Waals surface area contributed by atoms with E-state index >= 15 is 0 Å². The molecular weight excluding hydrogens is 176 g/mol. The van der Waals surface area contributed by atoms with Crippen molar-refractivity contribution in [3.05, 3.63) is 36.2 Å². The van der Waals surface area contributed by atoms with Crippen LogP contribution in [0.4, 0.5) is 0 Å². The van der Waals surface area contributed by atoms with E-state index < -0.39 is 0 Å². The molecule has 1 aromatic rings. The van der Waals surface area contributed by atoms with Crippen LogP contribution in [0.15, 0.2) is 29.2 Å². The highest BCUT2D eigenvalue weighted by atomic mass is 32.2. The molecule has 0 amide bonds. The SMILES string of the molecule is CCC1(C)[CH]c2ccccc2SC1. The number of fused-ring (bicyclic) bond motifs is 1. The normalized spacial score (nSPS) is 26.9. The van der Waals surface area contributed by atoms with E-state index in [9.17, 15) is 0 Å². The van der Waals surface area contributed by atoms with Crippen molar-refractivity contribution in [1.29, 1.82) is 0 Å². The predicted molar refractivity (Wildman–Crippen MR) is 59.0 cm³/mol. The minimum Gasteiger partial charge on any atom is -0.125 e. The molecule has 1 aromatic carbocycles. The van der Waals surface area contributed by atoms with Crippen molar-refractivity contribution >= 4 is 11.8 Å². The summed E-state index contributed by atoms with van der Waals surface area (Å²) in [5.74, 6) is 1.22. The topological polar surface area (TPSA) is 0 Å². The molecule has 1 heteroatoms. The molecule has 1 atom stereocenters. The molecule has 0 saturated carbocycles. The molecule has 1 aliphatic rings. The van der Waals surface area contributed by atoms with Crippen LogP contribution in [0.25, 0.3) is 0 Å². The third kappa shape index (κ3) is 1.76. The first-order chi connectivity index (χ1) is 6.23. The molecule has 1 radical (unpaired) electrons. The molecular formula is C12H15S. The summed E-state index contributed by atoms with van der Waals surface area (Å²) in [6.07, 6.45) is 3.66. The van der Waals surface area contributed by atoms with Gasteiger partial charge in [0, 0.05) is 10.6 Å². The van der Waals surface area contributed by atoms with Crippen molar-refractivity contribution < 1.29 is 0 Å². The Balaban J connectivity index is 2.29. The lowest BCUT2D eigenvalue weighted by Gasteiger charge is -2.32. The van der Waals surface area contributed by atoms with Gasteiger partial charge in [-0.1, -0.05) is 32.0 Å². The third-order valence-corrected chi connectivity index (χ3v) is 4.27. The van der Waals surface area contributed by atoms with E-state index in [0.29, 0.717) is 5.41 Å². The smallest absolute Gasteiger partial charge is 0.0107 e. The highest BCUT2D eigenvalue weighted by Gasteiger charge is 2.28. The monoisotopic (exact) mass is 191 g/mol. The van der Waals surface area contributed by atoms with Crippen molar-refractivity contribution in [3.8, 4) is 0 Å². The first-order valence-corrected chi connectivity index (χ1v) is 5.80. The second-order valence-electron chi connectivity index (χ2n) is 3.98. The minimum atomic E-state index is 0.402. The van der Waals surface area contributed by atoms with Crippen LogP contribution in [0.3, 0.4) is 0 Å². The molecule has 1 aliphatic heterocycles. The minimum absolute atomic E-state index is 0.402. The Morgan fingerprint density at radius 1 is 1.38 bits per heavy atom. The Bertz CT molecular complexity index is 306. The summed E-state index contributed by atoms with van der Waals surface area (Å²) >= 11 is 1.99. The second kappa shape index (κ2) is 3.38. The fourth-order valence-electron chi connectivity index (χ4n) is 1.60. The number of hydrogen-bond donors (Lipinski definition) is 0. The highest BCUT2D eigenvalue weighted by molar-refractivity contribution is 7.99. The highest BCUT2D eigenvalue weighted by Crippen LogP contribution is 2.42. The van der Waals surface area contributed by atoms with Gasteiger partial charge in [0.15, 0.2) is 0 Å². The lowest BCUT2D eigenvalue weighted by Crippen LogP contribution is -2.23. The quantitative estimate of drug-likeness (QED) is 0.651. The average Bonchev–Trinajstić information content (AvgIpc) is 2.18. The van der Waals surface area contributed by atoms with Gasteiger partial charge in [0.2, 0.25) is 0 Å². The zero-order chi connectivity index (χ0) is 9.31. The van der Waals surface area contributed by atoms with E-state index in [-0.39, 0.29) is 0 Å². The van der Waals surface area contributed by atoms with E-state index in [2.05, 4.69) is 44.5 Å². The predicted octanol–water partition coefficient (Wildman–Crippen LogP) is 3.76. The molecule has 0 nitrogen and oxygen atoms in total. The molecule has 0 bridgehead atoms. The van der Waals surface area contributed by atoms with Crippen molar-refractivity contribution in [1.82, 2.24) is 0 Å². The molecule has 0 saturated heterocycles. The fraction of sp³-hybridized carbons (Fsp3) is 0.417. The third-order valence-electron chi connectivity index (χ3n) is 2.79. The molecule has 0 fully saturated rings. The fourth-order valence-corrected chi connectivity index (χ4v) is 2.84. The van der Waals surface area contributed by atoms with Crippen LogP contribution in [0, 0.1) is 11.8 Å². The Morgan fingerprint density at radius 3 is 2.92 bits per heavy atom. The maximum atomic E-state index is 2.43. The number of thioether (sulfide) groups is 1.